The van der Waals surface area contributed by atoms with Gasteiger partial charge in [-0.25, -0.2) is 0 Å². The lowest BCUT2D eigenvalue weighted by atomic mass is 10.3. The highest BCUT2D eigenvalue weighted by Gasteiger charge is 2.42. The first-order valence-electron chi connectivity index (χ1n) is 7.70. The Bertz CT molecular complexity index is 1030. The molecule has 2 N–H and O–H groups in total. The van der Waals surface area contributed by atoms with Crippen LogP contribution in [-0.4, -0.2) is 30.1 Å². The van der Waals surface area contributed by atoms with Gasteiger partial charge in [0, 0.05) is 17.8 Å². The highest BCUT2D eigenvalue weighted by atomic mass is 35.5. The second-order valence-corrected chi connectivity index (χ2v) is 5.95. The molecule has 2 aliphatic heterocycles. The molecule has 9 heteroatoms. The van der Waals surface area contributed by atoms with Crippen molar-refractivity contribution in [2.45, 2.75) is 0 Å². The summed E-state index contributed by atoms with van der Waals surface area (Å²) in [4.78, 5) is 22.7. The van der Waals surface area contributed by atoms with Crippen molar-refractivity contribution >= 4 is 41.0 Å². The van der Waals surface area contributed by atoms with Gasteiger partial charge in [-0.15, -0.1) is 0 Å². The molecule has 0 radical (unpaired) electrons. The maximum absolute atomic E-state index is 11.4. The molecule has 26 heavy (non-hydrogen) atoms. The van der Waals surface area contributed by atoms with E-state index in [1.54, 1.807) is 50.1 Å². The molecule has 2 aromatic rings. The molecule has 1 atom stereocenters. The molecule has 2 aliphatic rings. The minimum Gasteiger partial charge on any atom is -0.495 e. The molecule has 0 amide bonds. The summed E-state index contributed by atoms with van der Waals surface area (Å²) in [5, 5.41) is 8.29. The summed E-state index contributed by atoms with van der Waals surface area (Å²) in [6, 6.07) is 8.46. The number of pyridine rings is 1. The molecule has 0 saturated carbocycles. The Balaban J connectivity index is 1.71. The number of aromatic nitrogens is 1. The number of anilines is 1. The zero-order valence-corrected chi connectivity index (χ0v) is 14.4. The lowest BCUT2D eigenvalue weighted by Crippen LogP contribution is -2.44. The van der Waals surface area contributed by atoms with Crippen LogP contribution < -0.4 is 20.2 Å². The van der Waals surface area contributed by atoms with Gasteiger partial charge < -0.3 is 15.0 Å². The van der Waals surface area contributed by atoms with Crippen LogP contribution in [0.25, 0.3) is 0 Å². The van der Waals surface area contributed by atoms with Crippen LogP contribution in [0.2, 0.25) is 5.02 Å². The van der Waals surface area contributed by atoms with E-state index in [1.165, 1.54) is 6.07 Å². The maximum atomic E-state index is 11.4. The van der Waals surface area contributed by atoms with Gasteiger partial charge in [-0.3, -0.25) is 9.79 Å². The molecule has 0 spiro atoms. The van der Waals surface area contributed by atoms with Crippen molar-refractivity contribution in [3.8, 4) is 5.75 Å². The molecule has 130 valence electrons. The summed E-state index contributed by atoms with van der Waals surface area (Å²) in [6.07, 6.45) is 6.66. The standard InChI is InChI=1S/C17H13ClN6O2/c1-26-14-4-2-11(8-13(14)18)21-17-22-15-10-19-6-7-24(15,23-17)12-3-5-16(25)20-9-12/h2-10H,1H3,(H-,20,21,23,25)/p+1. The molecule has 3 heterocycles. The fourth-order valence-corrected chi connectivity index (χ4v) is 2.95. The number of ether oxygens (including phenoxy) is 1. The number of hydrogen-bond acceptors (Lipinski definition) is 6. The second kappa shape index (κ2) is 6.25. The van der Waals surface area contributed by atoms with Crippen LogP contribution in [0.3, 0.4) is 0 Å². The van der Waals surface area contributed by atoms with Crippen LogP contribution in [0.4, 0.5) is 11.4 Å². The van der Waals surface area contributed by atoms with Gasteiger partial charge >= 0.3 is 0 Å². The third kappa shape index (κ3) is 2.71. The molecule has 0 bridgehead atoms. The molecular weight excluding hydrogens is 356 g/mol. The van der Waals surface area contributed by atoms with Crippen LogP contribution in [0, 0.1) is 0 Å². The maximum Gasteiger partial charge on any atom is 0.287 e. The number of fused-ring (bicyclic) bond motifs is 1. The number of methoxy groups -OCH3 is 1. The number of nitrogens with zero attached hydrogens (tertiary/aromatic N) is 4. The van der Waals surface area contributed by atoms with Crippen LogP contribution in [0.15, 0.2) is 68.8 Å². The third-order valence-corrected chi connectivity index (χ3v) is 4.25. The normalized spacial score (nSPS) is 20.4. The van der Waals surface area contributed by atoms with Crippen molar-refractivity contribution in [1.82, 2.24) is 9.58 Å². The minimum absolute atomic E-state index is 0.0213. The predicted octanol–water partition coefficient (Wildman–Crippen LogP) is 2.70. The average Bonchev–Trinajstić information content (AvgIpc) is 3.01. The van der Waals surface area contributed by atoms with Crippen LogP contribution in [0.1, 0.15) is 0 Å². The van der Waals surface area contributed by atoms with Crippen LogP contribution in [0.5, 0.6) is 5.75 Å². The zero-order valence-electron chi connectivity index (χ0n) is 13.7. The van der Waals surface area contributed by atoms with Crippen molar-refractivity contribution < 1.29 is 4.74 Å². The number of nitrogens with one attached hydrogen (secondary N) is 2. The second-order valence-electron chi connectivity index (χ2n) is 5.54. The molecule has 0 aliphatic carbocycles. The fourth-order valence-electron chi connectivity index (χ4n) is 2.70. The number of aliphatic imine (C=N–C) groups is 2. The van der Waals surface area contributed by atoms with E-state index in [0.717, 1.165) is 11.4 Å². The van der Waals surface area contributed by atoms with Crippen LogP contribution in [-0.2, 0) is 0 Å². The quantitative estimate of drug-likeness (QED) is 0.815. The average molecular weight is 370 g/mol. The first-order valence-corrected chi connectivity index (χ1v) is 8.07. The van der Waals surface area contributed by atoms with Gasteiger partial charge in [0.2, 0.25) is 5.56 Å². The Morgan fingerprint density at radius 2 is 2.15 bits per heavy atom. The first-order chi connectivity index (χ1) is 12.6. The number of quaternary nitrogens is 1. The van der Waals surface area contributed by atoms with E-state index in [2.05, 4.69) is 25.4 Å². The fraction of sp³-hybridized carbons (Fsp3) is 0.0588. The summed E-state index contributed by atoms with van der Waals surface area (Å²) in [7, 11) is 1.56. The summed E-state index contributed by atoms with van der Waals surface area (Å²) in [5.74, 6) is 1.58. The number of amidine groups is 1. The Morgan fingerprint density at radius 1 is 1.27 bits per heavy atom. The number of aromatic amines is 1. The number of H-pyrrole nitrogens is 1. The topological polar surface area (TPSA) is 91.2 Å². The molecule has 8 nitrogen and oxygen atoms in total. The van der Waals surface area contributed by atoms with Crippen molar-refractivity contribution in [1.29, 1.82) is 0 Å². The first kappa shape index (κ1) is 16.2. The summed E-state index contributed by atoms with van der Waals surface area (Å²) in [6.45, 7) is 0. The highest BCUT2D eigenvalue weighted by Crippen LogP contribution is 2.31. The van der Waals surface area contributed by atoms with Gasteiger partial charge in [-0.1, -0.05) is 16.2 Å². The van der Waals surface area contributed by atoms with Crippen LogP contribution >= 0.6 is 11.6 Å². The number of rotatable bonds is 3. The molecule has 0 fully saturated rings. The lowest BCUT2D eigenvalue weighted by Gasteiger charge is -2.23. The van der Waals surface area contributed by atoms with Gasteiger partial charge in [-0.05, 0) is 23.3 Å². The SMILES string of the molecule is COc1ccc(NC2=N[N+]3(c4ccc(=O)[nH]c4)C=CN=CC3=N2)cc1Cl. The number of halogens is 1. The van der Waals surface area contributed by atoms with Gasteiger partial charge in [-0.2, -0.15) is 4.99 Å². The van der Waals surface area contributed by atoms with Crippen molar-refractivity contribution in [2.75, 3.05) is 12.4 Å². The monoisotopic (exact) mass is 369 g/mol. The van der Waals surface area contributed by atoms with Crippen molar-refractivity contribution in [2.24, 2.45) is 15.1 Å². The number of hydrogen-bond donors (Lipinski definition) is 2. The predicted molar refractivity (Wildman–Crippen MR) is 103 cm³/mol. The Kier molecular flexibility index (Phi) is 3.90. The van der Waals surface area contributed by atoms with Crippen molar-refractivity contribution in [3.05, 3.63) is 64.3 Å². The van der Waals surface area contributed by atoms with E-state index in [1.807, 2.05) is 6.07 Å². The molecule has 1 aromatic heterocycles. The Labute approximate surface area is 153 Å². The summed E-state index contributed by atoms with van der Waals surface area (Å²) >= 11 is 6.16. The smallest absolute Gasteiger partial charge is 0.287 e. The third-order valence-electron chi connectivity index (χ3n) is 3.95. The molecule has 0 saturated heterocycles. The van der Waals surface area contributed by atoms with Gasteiger partial charge in [0.25, 0.3) is 11.8 Å². The highest BCUT2D eigenvalue weighted by molar-refractivity contribution is 6.38. The minimum atomic E-state index is -0.186. The van der Waals surface area contributed by atoms with E-state index in [9.17, 15) is 4.79 Å². The largest absolute Gasteiger partial charge is 0.495 e. The summed E-state index contributed by atoms with van der Waals surface area (Å²) < 4.78 is 5.13. The molecule has 1 aromatic carbocycles. The van der Waals surface area contributed by atoms with Gasteiger partial charge in [0.05, 0.1) is 24.5 Å². The van der Waals surface area contributed by atoms with E-state index < -0.39 is 0 Å². The van der Waals surface area contributed by atoms with Gasteiger partial charge in [0.1, 0.15) is 12.0 Å². The summed E-state index contributed by atoms with van der Waals surface area (Å²) in [5.41, 5.74) is 1.27. The zero-order chi connectivity index (χ0) is 18.1. The molecular formula is C17H14ClN6O2+. The van der Waals surface area contributed by atoms with Crippen molar-refractivity contribution in [3.63, 3.8) is 0 Å². The lowest BCUT2D eigenvalue weighted by molar-refractivity contribution is 0.415. The van der Waals surface area contributed by atoms with E-state index in [0.29, 0.717) is 22.6 Å². The van der Waals surface area contributed by atoms with E-state index in [4.69, 9.17) is 16.3 Å². The van der Waals surface area contributed by atoms with E-state index in [-0.39, 0.29) is 10.2 Å². The van der Waals surface area contributed by atoms with E-state index >= 15 is 0 Å². The number of benzene rings is 1. The Hall–Kier alpha value is -3.23. The number of guanidine groups is 1. The molecule has 4 rings (SSSR count). The Morgan fingerprint density at radius 3 is 2.88 bits per heavy atom. The van der Waals surface area contributed by atoms with Gasteiger partial charge in [0.15, 0.2) is 11.9 Å². The molecule has 1 unspecified atom stereocenters.